The summed E-state index contributed by atoms with van der Waals surface area (Å²) in [5.74, 6) is 0. The molecule has 0 N–H and O–H groups in total. The Morgan fingerprint density at radius 3 is 2.76 bits per heavy atom. The highest BCUT2D eigenvalue weighted by atomic mass is 14.9. The van der Waals surface area contributed by atoms with Crippen molar-refractivity contribution in [2.75, 3.05) is 0 Å². The number of benzene rings is 1. The molecular formula is C16H21N. The van der Waals surface area contributed by atoms with Gasteiger partial charge >= 0.3 is 0 Å². The monoisotopic (exact) mass is 227 g/mol. The molecule has 1 aromatic carbocycles. The quantitative estimate of drug-likeness (QED) is 0.664. The van der Waals surface area contributed by atoms with Crippen molar-refractivity contribution in [3.8, 4) is 0 Å². The van der Waals surface area contributed by atoms with E-state index >= 15 is 0 Å². The van der Waals surface area contributed by atoms with Crippen LogP contribution in [0.2, 0.25) is 0 Å². The minimum Gasteiger partial charge on any atom is -0.350 e. The van der Waals surface area contributed by atoms with Gasteiger partial charge in [0.05, 0.1) is 0 Å². The highest BCUT2D eigenvalue weighted by Gasteiger charge is 2.05. The Morgan fingerprint density at radius 1 is 1.24 bits per heavy atom. The standard InChI is InChI=1S/C16H21N/c1-4-7-13(2)10-11-14-12-17(3)16-9-6-5-8-15(14)16/h5-6,8-9,12H,2,4,7,10-11H2,1,3H3. The third-order valence-corrected chi connectivity index (χ3v) is 3.33. The van der Waals surface area contributed by atoms with Crippen LogP contribution in [0.25, 0.3) is 10.9 Å². The summed E-state index contributed by atoms with van der Waals surface area (Å²) >= 11 is 0. The lowest BCUT2D eigenvalue weighted by atomic mass is 10.0. The Kier molecular flexibility index (Phi) is 3.68. The summed E-state index contributed by atoms with van der Waals surface area (Å²) < 4.78 is 2.22. The van der Waals surface area contributed by atoms with Gasteiger partial charge < -0.3 is 4.57 Å². The molecule has 0 atom stereocenters. The van der Waals surface area contributed by atoms with Crippen molar-refractivity contribution in [1.82, 2.24) is 4.57 Å². The number of hydrogen-bond donors (Lipinski definition) is 0. The van der Waals surface area contributed by atoms with Crippen molar-refractivity contribution >= 4 is 10.9 Å². The molecule has 2 aromatic rings. The summed E-state index contributed by atoms with van der Waals surface area (Å²) in [5.41, 5.74) is 4.14. The van der Waals surface area contributed by atoms with Crippen LogP contribution in [0.1, 0.15) is 31.7 Å². The van der Waals surface area contributed by atoms with Gasteiger partial charge in [0, 0.05) is 24.1 Å². The molecule has 0 saturated heterocycles. The fraction of sp³-hybridized carbons (Fsp3) is 0.375. The number of hydrogen-bond acceptors (Lipinski definition) is 0. The fourth-order valence-electron chi connectivity index (χ4n) is 2.41. The lowest BCUT2D eigenvalue weighted by Gasteiger charge is -2.03. The first-order chi connectivity index (χ1) is 8.22. The molecule has 17 heavy (non-hydrogen) atoms. The van der Waals surface area contributed by atoms with Crippen LogP contribution in [0.15, 0.2) is 42.6 Å². The molecule has 0 bridgehead atoms. The number of allylic oxidation sites excluding steroid dienone is 1. The molecular weight excluding hydrogens is 206 g/mol. The van der Waals surface area contributed by atoms with Crippen molar-refractivity contribution in [1.29, 1.82) is 0 Å². The van der Waals surface area contributed by atoms with Crippen LogP contribution in [0.3, 0.4) is 0 Å². The fourth-order valence-corrected chi connectivity index (χ4v) is 2.41. The molecule has 0 radical (unpaired) electrons. The van der Waals surface area contributed by atoms with E-state index < -0.39 is 0 Å². The predicted molar refractivity (Wildman–Crippen MR) is 75.3 cm³/mol. The first kappa shape index (κ1) is 12.0. The Labute approximate surface area is 104 Å². The Balaban J connectivity index is 2.16. The van der Waals surface area contributed by atoms with Crippen molar-refractivity contribution in [3.63, 3.8) is 0 Å². The number of aromatic nitrogens is 1. The van der Waals surface area contributed by atoms with Crippen molar-refractivity contribution in [2.45, 2.75) is 32.6 Å². The second kappa shape index (κ2) is 5.22. The zero-order chi connectivity index (χ0) is 12.3. The Morgan fingerprint density at radius 2 is 2.00 bits per heavy atom. The van der Waals surface area contributed by atoms with Gasteiger partial charge in [-0.05, 0) is 30.9 Å². The van der Waals surface area contributed by atoms with Gasteiger partial charge in [-0.2, -0.15) is 0 Å². The minimum absolute atomic E-state index is 1.11. The normalized spacial score (nSPS) is 10.9. The second-order valence-electron chi connectivity index (χ2n) is 4.78. The molecule has 90 valence electrons. The van der Waals surface area contributed by atoms with E-state index in [-0.39, 0.29) is 0 Å². The van der Waals surface area contributed by atoms with Crippen LogP contribution in [-0.4, -0.2) is 4.57 Å². The predicted octanol–water partition coefficient (Wildman–Crippen LogP) is 4.47. The number of fused-ring (bicyclic) bond motifs is 1. The summed E-state index contributed by atoms with van der Waals surface area (Å²) in [6.45, 7) is 6.35. The molecule has 1 heterocycles. The summed E-state index contributed by atoms with van der Waals surface area (Å²) in [6, 6.07) is 8.61. The summed E-state index contributed by atoms with van der Waals surface area (Å²) in [4.78, 5) is 0. The lowest BCUT2D eigenvalue weighted by Crippen LogP contribution is -1.87. The lowest BCUT2D eigenvalue weighted by molar-refractivity contribution is 0.821. The van der Waals surface area contributed by atoms with Crippen LogP contribution in [-0.2, 0) is 13.5 Å². The van der Waals surface area contributed by atoms with Crippen molar-refractivity contribution in [2.24, 2.45) is 7.05 Å². The second-order valence-corrected chi connectivity index (χ2v) is 4.78. The zero-order valence-electron chi connectivity index (χ0n) is 10.9. The van der Waals surface area contributed by atoms with Gasteiger partial charge in [0.2, 0.25) is 0 Å². The van der Waals surface area contributed by atoms with E-state index in [1.54, 1.807) is 0 Å². The summed E-state index contributed by atoms with van der Waals surface area (Å²) in [6.07, 6.45) is 6.84. The van der Waals surface area contributed by atoms with Crippen molar-refractivity contribution in [3.05, 3.63) is 48.2 Å². The van der Waals surface area contributed by atoms with Crippen LogP contribution in [0.4, 0.5) is 0 Å². The molecule has 0 fully saturated rings. The van der Waals surface area contributed by atoms with E-state index in [1.807, 2.05) is 0 Å². The number of nitrogens with zero attached hydrogens (tertiary/aromatic N) is 1. The Bertz CT molecular complexity index is 519. The molecule has 0 spiro atoms. The van der Waals surface area contributed by atoms with Gasteiger partial charge in [-0.15, -0.1) is 0 Å². The van der Waals surface area contributed by atoms with Gasteiger partial charge in [0.25, 0.3) is 0 Å². The Hall–Kier alpha value is -1.50. The van der Waals surface area contributed by atoms with E-state index in [0.29, 0.717) is 0 Å². The number of rotatable bonds is 5. The van der Waals surface area contributed by atoms with E-state index in [1.165, 1.54) is 28.5 Å². The van der Waals surface area contributed by atoms with Crippen LogP contribution < -0.4 is 0 Å². The van der Waals surface area contributed by atoms with Gasteiger partial charge in [-0.3, -0.25) is 0 Å². The average molecular weight is 227 g/mol. The van der Waals surface area contributed by atoms with Gasteiger partial charge in [0.15, 0.2) is 0 Å². The number of aryl methyl sites for hydroxylation is 2. The van der Waals surface area contributed by atoms with E-state index in [2.05, 4.69) is 55.6 Å². The topological polar surface area (TPSA) is 4.93 Å². The highest BCUT2D eigenvalue weighted by Crippen LogP contribution is 2.23. The number of para-hydroxylation sites is 1. The molecule has 1 aromatic heterocycles. The summed E-state index contributed by atoms with van der Waals surface area (Å²) in [5, 5.41) is 1.39. The largest absolute Gasteiger partial charge is 0.350 e. The molecule has 0 unspecified atom stereocenters. The van der Waals surface area contributed by atoms with Crippen LogP contribution in [0.5, 0.6) is 0 Å². The van der Waals surface area contributed by atoms with E-state index in [4.69, 9.17) is 0 Å². The van der Waals surface area contributed by atoms with Crippen molar-refractivity contribution < 1.29 is 0 Å². The first-order valence-electron chi connectivity index (χ1n) is 6.42. The zero-order valence-corrected chi connectivity index (χ0v) is 10.9. The SMILES string of the molecule is C=C(CCC)CCc1cn(C)c2ccccc12. The highest BCUT2D eigenvalue weighted by molar-refractivity contribution is 5.83. The maximum Gasteiger partial charge on any atom is 0.0480 e. The van der Waals surface area contributed by atoms with E-state index in [9.17, 15) is 0 Å². The third-order valence-electron chi connectivity index (χ3n) is 3.33. The maximum absolute atomic E-state index is 4.14. The van der Waals surface area contributed by atoms with Gasteiger partial charge in [0.1, 0.15) is 0 Å². The molecule has 0 saturated carbocycles. The molecule has 1 heteroatoms. The minimum atomic E-state index is 1.11. The van der Waals surface area contributed by atoms with Gasteiger partial charge in [-0.25, -0.2) is 0 Å². The summed E-state index contributed by atoms with van der Waals surface area (Å²) in [7, 11) is 2.12. The maximum atomic E-state index is 4.14. The molecule has 2 rings (SSSR count). The van der Waals surface area contributed by atoms with Crippen LogP contribution in [0, 0.1) is 0 Å². The molecule has 0 aliphatic rings. The smallest absolute Gasteiger partial charge is 0.0480 e. The van der Waals surface area contributed by atoms with Crippen LogP contribution >= 0.6 is 0 Å². The average Bonchev–Trinajstić information content (AvgIpc) is 2.65. The molecule has 0 aliphatic carbocycles. The third kappa shape index (κ3) is 2.60. The molecule has 1 nitrogen and oxygen atoms in total. The molecule has 0 aliphatic heterocycles. The van der Waals surface area contributed by atoms with Gasteiger partial charge in [-0.1, -0.05) is 43.7 Å². The van der Waals surface area contributed by atoms with E-state index in [0.717, 1.165) is 19.3 Å². The molecule has 0 amide bonds. The first-order valence-corrected chi connectivity index (χ1v) is 6.42.